The SMILES string of the molecule is CO.CO.CO.ClC(Cl)Cl.ClC(Cl)Cl.ClC(Cl)Cl.ClC(Cl)Cl.ClC(Cl)Cl. The van der Waals surface area contributed by atoms with Gasteiger partial charge < -0.3 is 15.3 Å². The molecule has 0 rings (SSSR count). The number of rotatable bonds is 0. The fraction of sp³-hybridized carbons (Fsp3) is 1.00. The summed E-state index contributed by atoms with van der Waals surface area (Å²) >= 11 is 72.1. The van der Waals surface area contributed by atoms with Crippen LogP contribution in [0.1, 0.15) is 0 Å². The Labute approximate surface area is 229 Å². The van der Waals surface area contributed by atoms with Gasteiger partial charge in [0.05, 0.1) is 0 Å². The van der Waals surface area contributed by atoms with E-state index in [1.165, 1.54) is 0 Å². The van der Waals surface area contributed by atoms with Crippen LogP contribution < -0.4 is 0 Å². The van der Waals surface area contributed by atoms with Gasteiger partial charge in [0.2, 0.25) is 0 Å². The second-order valence-corrected chi connectivity index (χ2v) is 11.1. The molecule has 18 heteroatoms. The highest BCUT2D eigenvalue weighted by Gasteiger charge is 1.80. The molecule has 0 bridgehead atoms. The van der Waals surface area contributed by atoms with Crippen molar-refractivity contribution < 1.29 is 15.3 Å². The predicted octanol–water partition coefficient (Wildman–Crippen LogP) is 8.76. The molecular weight excluding hydrogens is 676 g/mol. The molecule has 0 saturated heterocycles. The Balaban J connectivity index is -0.0000000242. The molecule has 3 nitrogen and oxygen atoms in total. The lowest BCUT2D eigenvalue weighted by atomic mass is 11.8. The number of aliphatic hydroxyl groups is 3. The lowest BCUT2D eigenvalue weighted by molar-refractivity contribution is 0.399. The maximum absolute atomic E-state index is 7.00. The van der Waals surface area contributed by atoms with Gasteiger partial charge >= 0.3 is 0 Å². The Morgan fingerprint density at radius 3 is 0.269 bits per heavy atom. The molecule has 0 amide bonds. The lowest BCUT2D eigenvalue weighted by Gasteiger charge is -1.69. The third kappa shape index (κ3) is 1170. The van der Waals surface area contributed by atoms with E-state index in [1.54, 1.807) is 0 Å². The zero-order valence-electron chi connectivity index (χ0n) is 12.9. The van der Waals surface area contributed by atoms with Crippen LogP contribution in [0.2, 0.25) is 0 Å². The molecule has 0 aliphatic rings. The summed E-state index contributed by atoms with van der Waals surface area (Å²) in [7, 11) is 3.00. The predicted molar refractivity (Wildman–Crippen MR) is 131 cm³/mol. The fourth-order valence-corrected chi connectivity index (χ4v) is 0. The van der Waals surface area contributed by atoms with E-state index in [9.17, 15) is 0 Å². The summed E-state index contributed by atoms with van der Waals surface area (Å²) in [4.78, 5) is 0. The summed E-state index contributed by atoms with van der Waals surface area (Å²) in [6.07, 6.45) is 0. The average Bonchev–Trinajstić information content (AvgIpc) is 2.41. The average molecular weight is 693 g/mol. The van der Waals surface area contributed by atoms with Gasteiger partial charge in [-0.15, -0.1) is 0 Å². The first-order valence-corrected chi connectivity index (χ1v) is 11.2. The Morgan fingerprint density at radius 2 is 0.269 bits per heavy atom. The molecule has 0 aliphatic heterocycles. The summed E-state index contributed by atoms with van der Waals surface area (Å²) in [5, 5.41) is 21.0. The second kappa shape index (κ2) is 63.0. The number of halogens is 15. The number of hydrogen-bond acceptors (Lipinski definition) is 3. The smallest absolute Gasteiger partial charge is 0.180 e. The molecular formula is C8H17Cl15O3. The molecule has 0 radical (unpaired) electrons. The van der Waals surface area contributed by atoms with Gasteiger partial charge in [0.1, 0.15) is 0 Å². The highest BCUT2D eigenvalue weighted by atomic mass is 35.6. The van der Waals surface area contributed by atoms with Gasteiger partial charge in [-0.05, 0) is 0 Å². The van der Waals surface area contributed by atoms with Crippen LogP contribution in [0.25, 0.3) is 0 Å². The zero-order chi connectivity index (χ0) is 23.9. The maximum Gasteiger partial charge on any atom is 0.180 e. The van der Waals surface area contributed by atoms with Crippen molar-refractivity contribution in [3.05, 3.63) is 0 Å². The Morgan fingerprint density at radius 1 is 0.269 bits per heavy atom. The Bertz CT molecular complexity index is 93.5. The second-order valence-electron chi connectivity index (χ2n) is 1.24. The minimum absolute atomic E-state index is 0.750. The monoisotopic (exact) mass is 686 g/mol. The van der Waals surface area contributed by atoms with Crippen LogP contribution in [0.4, 0.5) is 0 Å². The molecule has 0 aliphatic carbocycles. The van der Waals surface area contributed by atoms with Gasteiger partial charge in [-0.2, -0.15) is 0 Å². The van der Waals surface area contributed by atoms with Crippen molar-refractivity contribution in [2.45, 2.75) is 21.5 Å². The topological polar surface area (TPSA) is 60.7 Å². The van der Waals surface area contributed by atoms with Gasteiger partial charge in [0, 0.05) is 21.3 Å². The number of hydrogen-bond donors (Lipinski definition) is 3. The van der Waals surface area contributed by atoms with Crippen LogP contribution in [0.3, 0.4) is 0 Å². The van der Waals surface area contributed by atoms with Crippen molar-refractivity contribution in [3.63, 3.8) is 0 Å². The first-order valence-electron chi connectivity index (χ1n) is 4.61. The van der Waals surface area contributed by atoms with Crippen LogP contribution in [0, 0.1) is 0 Å². The van der Waals surface area contributed by atoms with Crippen molar-refractivity contribution in [2.24, 2.45) is 0 Å². The largest absolute Gasteiger partial charge is 0.400 e. The van der Waals surface area contributed by atoms with Crippen LogP contribution in [-0.2, 0) is 0 Å². The first-order chi connectivity index (χ1) is 11.7. The summed E-state index contributed by atoms with van der Waals surface area (Å²) in [5.41, 5.74) is 0. The molecule has 0 unspecified atom stereocenters. The molecule has 0 heterocycles. The fourth-order valence-electron chi connectivity index (χ4n) is 0. The van der Waals surface area contributed by atoms with Crippen LogP contribution in [0.5, 0.6) is 0 Å². The van der Waals surface area contributed by atoms with Gasteiger partial charge in [-0.25, -0.2) is 0 Å². The van der Waals surface area contributed by atoms with E-state index in [4.69, 9.17) is 189 Å². The quantitative estimate of drug-likeness (QED) is 0.223. The van der Waals surface area contributed by atoms with E-state index in [0.29, 0.717) is 0 Å². The van der Waals surface area contributed by atoms with E-state index in [-0.39, 0.29) is 0 Å². The minimum Gasteiger partial charge on any atom is -0.400 e. The van der Waals surface area contributed by atoms with E-state index in [1.807, 2.05) is 0 Å². The van der Waals surface area contributed by atoms with Crippen molar-refractivity contribution in [1.29, 1.82) is 0 Å². The van der Waals surface area contributed by atoms with Crippen LogP contribution in [-0.4, -0.2) is 58.1 Å². The van der Waals surface area contributed by atoms with Crippen molar-refractivity contribution in [3.8, 4) is 0 Å². The summed E-state index contributed by atoms with van der Waals surface area (Å²) in [6, 6.07) is 0. The zero-order valence-corrected chi connectivity index (χ0v) is 24.2. The third-order valence-electron chi connectivity index (χ3n) is 0. The molecule has 0 atom stereocenters. The van der Waals surface area contributed by atoms with E-state index in [0.717, 1.165) is 21.3 Å². The van der Waals surface area contributed by atoms with Gasteiger partial charge in [0.25, 0.3) is 0 Å². The number of aliphatic hydroxyl groups excluding tert-OH is 3. The van der Waals surface area contributed by atoms with Crippen LogP contribution in [0.15, 0.2) is 0 Å². The standard InChI is InChI=1S/5CHCl3.3CH4O/c5*2-1(3)4;3*1-2/h5*1H;3*2H,1H3. The molecule has 26 heavy (non-hydrogen) atoms. The minimum atomic E-state index is -0.750. The molecule has 0 saturated carbocycles. The summed E-state index contributed by atoms with van der Waals surface area (Å²) < 4.78 is -3.75. The third-order valence-corrected chi connectivity index (χ3v) is 0. The highest BCUT2D eigenvalue weighted by Crippen LogP contribution is 2.05. The van der Waals surface area contributed by atoms with Crippen molar-refractivity contribution in [2.75, 3.05) is 21.3 Å². The summed E-state index contributed by atoms with van der Waals surface area (Å²) in [5.74, 6) is 0. The van der Waals surface area contributed by atoms with Gasteiger partial charge in [-0.3, -0.25) is 0 Å². The van der Waals surface area contributed by atoms with E-state index >= 15 is 0 Å². The summed E-state index contributed by atoms with van der Waals surface area (Å²) in [6.45, 7) is 0. The van der Waals surface area contributed by atoms with E-state index < -0.39 is 21.5 Å². The van der Waals surface area contributed by atoms with E-state index in [2.05, 4.69) is 0 Å². The first kappa shape index (κ1) is 52.3. The van der Waals surface area contributed by atoms with Gasteiger partial charge in [-0.1, -0.05) is 174 Å². The molecule has 0 aromatic heterocycles. The number of alkyl halides is 15. The normalized spacial score (nSPS) is 7.62. The molecule has 0 aromatic rings. The van der Waals surface area contributed by atoms with Crippen molar-refractivity contribution >= 4 is 174 Å². The molecule has 0 fully saturated rings. The Kier molecular flexibility index (Phi) is 127. The molecule has 0 spiro atoms. The molecule has 0 aromatic carbocycles. The highest BCUT2D eigenvalue weighted by molar-refractivity contribution is 6.64. The van der Waals surface area contributed by atoms with Crippen molar-refractivity contribution in [1.82, 2.24) is 0 Å². The molecule has 172 valence electrons. The Hall–Kier alpha value is 4.23. The van der Waals surface area contributed by atoms with Gasteiger partial charge in [0.15, 0.2) is 21.5 Å². The lowest BCUT2D eigenvalue weighted by Crippen LogP contribution is -1.55. The maximum atomic E-state index is 7.00. The molecule has 3 N–H and O–H groups in total. The van der Waals surface area contributed by atoms with Crippen LogP contribution >= 0.6 is 174 Å².